The molecule has 0 radical (unpaired) electrons. The van der Waals surface area contributed by atoms with Crippen LogP contribution in [0.3, 0.4) is 0 Å². The molecule has 6 heteroatoms. The van der Waals surface area contributed by atoms with Gasteiger partial charge in [0.05, 0.1) is 0 Å². The van der Waals surface area contributed by atoms with Gasteiger partial charge in [0.25, 0.3) is 0 Å². The second-order valence-corrected chi connectivity index (χ2v) is 4.13. The third-order valence-electron chi connectivity index (χ3n) is 2.76. The van der Waals surface area contributed by atoms with E-state index in [0.717, 1.165) is 5.56 Å². The van der Waals surface area contributed by atoms with Crippen molar-refractivity contribution < 1.29 is 35.4 Å². The van der Waals surface area contributed by atoms with Crippen molar-refractivity contribution in [1.29, 1.82) is 0 Å². The second-order valence-electron chi connectivity index (χ2n) is 4.13. The van der Waals surface area contributed by atoms with Gasteiger partial charge in [-0.1, -0.05) is 6.92 Å². The maximum Gasteiger partial charge on any atom is 2.00 e. The Morgan fingerprint density at radius 3 is 2.84 bits per heavy atom. The molecule has 5 nitrogen and oxygen atoms in total. The fourth-order valence-electron chi connectivity index (χ4n) is 1.76. The Bertz CT molecular complexity index is 516. The fraction of sp³-hybridized carbons (Fsp3) is 0.308. The summed E-state index contributed by atoms with van der Waals surface area (Å²) in [5, 5.41) is 6.01. The number of rotatable bonds is 2. The van der Waals surface area contributed by atoms with Crippen LogP contribution in [0.15, 0.2) is 18.2 Å². The van der Waals surface area contributed by atoms with Crippen molar-refractivity contribution >= 4 is 17.7 Å². The van der Waals surface area contributed by atoms with Gasteiger partial charge in [0.15, 0.2) is 0 Å². The van der Waals surface area contributed by atoms with Crippen molar-refractivity contribution in [2.75, 3.05) is 0 Å². The number of piperidine rings is 1. The number of carbonyl (C=O) groups is 3. The number of aryl methyl sites for hydroxylation is 1. The number of imide groups is 1. The summed E-state index contributed by atoms with van der Waals surface area (Å²) in [6, 6.07) is 7.22. The van der Waals surface area contributed by atoms with E-state index in [9.17, 15) is 14.4 Å². The molecule has 0 saturated carbocycles. The Labute approximate surface area is 125 Å². The molecule has 1 unspecified atom stereocenters. The number of nitrogens with one attached hydrogen (secondary N) is 1. The van der Waals surface area contributed by atoms with Crippen molar-refractivity contribution in [2.45, 2.75) is 25.8 Å². The SMILES string of the molecule is Cc1ccc[c-]c1C(=O)[N-]C1CCC(=O)NC1=O.[W+2]. The summed E-state index contributed by atoms with van der Waals surface area (Å²) >= 11 is 0. The maximum absolute atomic E-state index is 11.9. The van der Waals surface area contributed by atoms with Crippen LogP contribution in [0.1, 0.15) is 28.8 Å². The van der Waals surface area contributed by atoms with Crippen LogP contribution in [0.5, 0.6) is 0 Å². The van der Waals surface area contributed by atoms with E-state index in [4.69, 9.17) is 0 Å². The van der Waals surface area contributed by atoms with Gasteiger partial charge in [-0.15, -0.1) is 35.4 Å². The monoisotopic (exact) mass is 428 g/mol. The Kier molecular flexibility index (Phi) is 5.42. The Morgan fingerprint density at radius 1 is 1.47 bits per heavy atom. The van der Waals surface area contributed by atoms with Gasteiger partial charge in [0, 0.05) is 6.42 Å². The van der Waals surface area contributed by atoms with E-state index in [0.29, 0.717) is 5.56 Å². The molecule has 3 amide bonds. The molecule has 1 aliphatic rings. The van der Waals surface area contributed by atoms with E-state index in [-0.39, 0.29) is 39.8 Å². The molecule has 0 spiro atoms. The van der Waals surface area contributed by atoms with Crippen LogP contribution in [0.25, 0.3) is 5.32 Å². The molecule has 1 aliphatic heterocycles. The molecule has 1 fully saturated rings. The van der Waals surface area contributed by atoms with Crippen molar-refractivity contribution in [3.63, 3.8) is 0 Å². The summed E-state index contributed by atoms with van der Waals surface area (Å²) in [5.41, 5.74) is 1.13. The van der Waals surface area contributed by atoms with Crippen LogP contribution >= 0.6 is 0 Å². The minimum Gasteiger partial charge on any atom is -0.684 e. The molecule has 98 valence electrons. The van der Waals surface area contributed by atoms with Gasteiger partial charge in [-0.05, 0) is 18.4 Å². The summed E-state index contributed by atoms with van der Waals surface area (Å²) in [6.07, 6.45) is 0.493. The number of amides is 3. The van der Waals surface area contributed by atoms with Gasteiger partial charge in [0.2, 0.25) is 11.8 Å². The van der Waals surface area contributed by atoms with Crippen molar-refractivity contribution in [2.24, 2.45) is 0 Å². The number of benzene rings is 1. The van der Waals surface area contributed by atoms with Gasteiger partial charge < -0.3 is 10.1 Å². The van der Waals surface area contributed by atoms with Crippen molar-refractivity contribution in [3.8, 4) is 0 Å². The largest absolute Gasteiger partial charge is 2.00 e. The maximum atomic E-state index is 11.9. The number of carbonyl (C=O) groups excluding carboxylic acids is 3. The third-order valence-corrected chi connectivity index (χ3v) is 2.76. The van der Waals surface area contributed by atoms with Crippen LogP contribution < -0.4 is 5.32 Å². The molecule has 1 aromatic rings. The molecule has 1 N–H and O–H groups in total. The minimum absolute atomic E-state index is 0. The van der Waals surface area contributed by atoms with E-state index in [1.807, 2.05) is 0 Å². The molecule has 1 saturated heterocycles. The first-order valence-corrected chi connectivity index (χ1v) is 5.64. The predicted octanol–water partition coefficient (Wildman–Crippen LogP) is 1.11. The minimum atomic E-state index is -0.775. The van der Waals surface area contributed by atoms with E-state index in [2.05, 4.69) is 16.7 Å². The fourth-order valence-corrected chi connectivity index (χ4v) is 1.76. The molecule has 1 aromatic carbocycles. The first kappa shape index (κ1) is 15.6. The molecule has 1 atom stereocenters. The van der Waals surface area contributed by atoms with Gasteiger partial charge in [0.1, 0.15) is 0 Å². The molecule has 0 aromatic heterocycles. The van der Waals surface area contributed by atoms with Crippen LogP contribution in [-0.2, 0) is 30.7 Å². The third kappa shape index (κ3) is 3.74. The molecule has 0 bridgehead atoms. The Morgan fingerprint density at radius 2 is 2.21 bits per heavy atom. The van der Waals surface area contributed by atoms with Gasteiger partial charge in [-0.25, -0.2) is 0 Å². The normalized spacial score (nSPS) is 18.3. The van der Waals surface area contributed by atoms with Crippen molar-refractivity contribution in [3.05, 3.63) is 40.7 Å². The summed E-state index contributed by atoms with van der Waals surface area (Å²) in [6.45, 7) is 1.78. The van der Waals surface area contributed by atoms with Crippen molar-refractivity contribution in [1.82, 2.24) is 5.32 Å². The summed E-state index contributed by atoms with van der Waals surface area (Å²) in [4.78, 5) is 34.3. The van der Waals surface area contributed by atoms with E-state index in [1.165, 1.54) is 0 Å². The zero-order valence-corrected chi connectivity index (χ0v) is 13.2. The summed E-state index contributed by atoms with van der Waals surface area (Å²) in [5.74, 6) is -1.29. The quantitative estimate of drug-likeness (QED) is 0.567. The topological polar surface area (TPSA) is 77.3 Å². The zero-order chi connectivity index (χ0) is 13.1. The average molecular weight is 428 g/mol. The number of nitrogens with zero attached hydrogens (tertiary/aromatic N) is 1. The first-order valence-electron chi connectivity index (χ1n) is 5.64. The van der Waals surface area contributed by atoms with E-state index >= 15 is 0 Å². The van der Waals surface area contributed by atoms with Crippen LogP contribution in [-0.4, -0.2) is 23.8 Å². The average Bonchev–Trinajstić information content (AvgIpc) is 2.33. The summed E-state index contributed by atoms with van der Waals surface area (Å²) in [7, 11) is 0. The number of hydrogen-bond acceptors (Lipinski definition) is 3. The van der Waals surface area contributed by atoms with Gasteiger partial charge in [-0.2, -0.15) is 0 Å². The van der Waals surface area contributed by atoms with Gasteiger partial charge in [-0.3, -0.25) is 14.9 Å². The first-order chi connectivity index (χ1) is 8.58. The molecule has 1 heterocycles. The molecule has 19 heavy (non-hydrogen) atoms. The van der Waals surface area contributed by atoms with Crippen LogP contribution in [0.4, 0.5) is 0 Å². The Hall–Kier alpha value is -1.48. The predicted molar refractivity (Wildman–Crippen MR) is 63.9 cm³/mol. The Balaban J connectivity index is 0.00000180. The van der Waals surface area contributed by atoms with E-state index in [1.54, 1.807) is 25.1 Å². The molecule has 2 rings (SSSR count). The number of hydrogen-bond donors (Lipinski definition) is 1. The zero-order valence-electron chi connectivity index (χ0n) is 10.3. The molecular formula is C13H12N2O3W. The second kappa shape index (κ2) is 6.62. The van der Waals surface area contributed by atoms with E-state index < -0.39 is 17.9 Å². The molecular weight excluding hydrogens is 416 g/mol. The van der Waals surface area contributed by atoms with Gasteiger partial charge >= 0.3 is 21.1 Å². The standard InChI is InChI=1S/C13H13N2O3.W/c1-8-4-2-3-5-9(8)12(17)14-10-6-7-11(16)15-13(10)18;/h2-4,10H,6-7H2,1H3,(H2,14,15,16,17,18);/q-1;+2/p-1. The molecule has 0 aliphatic carbocycles. The summed E-state index contributed by atoms with van der Waals surface area (Å²) < 4.78 is 0. The smallest absolute Gasteiger partial charge is 0.684 e. The van der Waals surface area contributed by atoms with Crippen LogP contribution in [0, 0.1) is 13.0 Å². The van der Waals surface area contributed by atoms with Crippen LogP contribution in [0.2, 0.25) is 0 Å².